The molecule has 0 amide bonds. The first-order valence-electron chi connectivity index (χ1n) is 6.32. The van der Waals surface area contributed by atoms with Gasteiger partial charge in [0.1, 0.15) is 12.4 Å². The molecule has 2 rings (SSSR count). The number of aliphatic hydroxyl groups is 1. The van der Waals surface area contributed by atoms with Gasteiger partial charge in [-0.3, -0.25) is 0 Å². The second-order valence-corrected chi connectivity index (χ2v) is 4.77. The fraction of sp³-hybridized carbons (Fsp3) is 0.143. The van der Waals surface area contributed by atoms with Crippen LogP contribution in [0.4, 0.5) is 4.48 Å². The number of ether oxygens (including phenoxy) is 1. The van der Waals surface area contributed by atoms with Gasteiger partial charge in [0.05, 0.1) is 6.61 Å². The van der Waals surface area contributed by atoms with Gasteiger partial charge in [0.25, 0.3) is 0 Å². The Hall–Kier alpha value is -1.40. The van der Waals surface area contributed by atoms with Crippen LogP contribution >= 0.6 is 0 Å². The van der Waals surface area contributed by atoms with Crippen LogP contribution in [0.5, 0.6) is 5.75 Å². The summed E-state index contributed by atoms with van der Waals surface area (Å²) in [5, 5.41) is 27.1. The minimum Gasteiger partial charge on any atom is -0.489 e. The SMILES string of the molecule is F[N]=[W].OCc1ccc(COc2cccc(B(O)O)c2)cc1. The smallest absolute Gasteiger partial charge is 0.488 e. The average molecular weight is 475 g/mol. The van der Waals surface area contributed by atoms with Crippen molar-refractivity contribution in [2.75, 3.05) is 0 Å². The zero-order valence-electron chi connectivity index (χ0n) is 11.6. The number of nitrogens with zero attached hydrogens (tertiary/aromatic N) is 1. The number of aliphatic hydroxyl groups excluding tert-OH is 1. The Morgan fingerprint density at radius 3 is 2.23 bits per heavy atom. The van der Waals surface area contributed by atoms with Crippen molar-refractivity contribution in [3.63, 3.8) is 0 Å². The summed E-state index contributed by atoms with van der Waals surface area (Å²) < 4.78 is 17.6. The molecule has 0 aliphatic carbocycles. The molecule has 0 aromatic heterocycles. The summed E-state index contributed by atoms with van der Waals surface area (Å²) in [5.41, 5.74) is 2.23. The van der Waals surface area contributed by atoms with Gasteiger partial charge in [-0.1, -0.05) is 36.4 Å². The predicted octanol–water partition coefficient (Wildman–Crippen LogP) is 1.04. The molecule has 0 aliphatic heterocycles. The molecule has 0 unspecified atom stereocenters. The molecule has 2 aromatic carbocycles. The fourth-order valence-electron chi connectivity index (χ4n) is 1.67. The van der Waals surface area contributed by atoms with E-state index in [2.05, 4.69) is 3.72 Å². The van der Waals surface area contributed by atoms with Crippen LogP contribution in [0.15, 0.2) is 52.2 Å². The van der Waals surface area contributed by atoms with Crippen LogP contribution in [0.1, 0.15) is 11.1 Å². The van der Waals surface area contributed by atoms with Crippen LogP contribution in [0, 0.1) is 0 Å². The molecule has 0 spiro atoms. The van der Waals surface area contributed by atoms with Crippen molar-refractivity contribution in [3.8, 4) is 5.75 Å². The maximum Gasteiger partial charge on any atom is 0.488 e. The van der Waals surface area contributed by atoms with Crippen LogP contribution in [-0.4, -0.2) is 22.3 Å². The zero-order chi connectivity index (χ0) is 16.4. The molecule has 22 heavy (non-hydrogen) atoms. The van der Waals surface area contributed by atoms with E-state index in [-0.39, 0.29) is 6.61 Å². The Morgan fingerprint density at radius 1 is 1.09 bits per heavy atom. The number of hydrogen-bond acceptors (Lipinski definition) is 5. The van der Waals surface area contributed by atoms with Gasteiger partial charge in [-0.25, -0.2) is 0 Å². The predicted molar refractivity (Wildman–Crippen MR) is 76.5 cm³/mol. The van der Waals surface area contributed by atoms with Gasteiger partial charge in [0, 0.05) is 0 Å². The summed E-state index contributed by atoms with van der Waals surface area (Å²) in [6.45, 7) is 0.411. The molecule has 0 heterocycles. The third kappa shape index (κ3) is 6.58. The number of rotatable bonds is 5. The molecule has 0 atom stereocenters. The van der Waals surface area contributed by atoms with Crippen LogP contribution in [0.2, 0.25) is 0 Å². The van der Waals surface area contributed by atoms with Crippen molar-refractivity contribution in [1.82, 2.24) is 0 Å². The third-order valence-electron chi connectivity index (χ3n) is 2.77. The molecule has 0 radical (unpaired) electrons. The van der Waals surface area contributed by atoms with Gasteiger partial charge in [-0.05, 0) is 28.7 Å². The molecule has 3 N–H and O–H groups in total. The van der Waals surface area contributed by atoms with E-state index in [1.165, 1.54) is 0 Å². The standard InChI is InChI=1S/C14H15BO4.FN.W/c16-9-11-4-6-12(7-5-11)10-19-14-3-1-2-13(8-14)15(17)18;1-2;/h1-8,16-18H,9-10H2;;. The van der Waals surface area contributed by atoms with E-state index in [1.54, 1.807) is 24.3 Å². The summed E-state index contributed by atoms with van der Waals surface area (Å²) in [6, 6.07) is 14.1. The zero-order valence-corrected chi connectivity index (χ0v) is 14.5. The van der Waals surface area contributed by atoms with Gasteiger partial charge in [-0.2, -0.15) is 0 Å². The average Bonchev–Trinajstić information content (AvgIpc) is 2.54. The maximum atomic E-state index is 9.95. The van der Waals surface area contributed by atoms with Crippen molar-refractivity contribution in [3.05, 3.63) is 59.7 Å². The quantitative estimate of drug-likeness (QED) is 0.566. The minimum absolute atomic E-state index is 0.0254. The Balaban J connectivity index is 0.000000745. The molecule has 0 fully saturated rings. The van der Waals surface area contributed by atoms with E-state index in [1.807, 2.05) is 24.3 Å². The molecule has 2 aromatic rings. The van der Waals surface area contributed by atoms with Crippen molar-refractivity contribution >= 4 is 12.6 Å². The van der Waals surface area contributed by atoms with E-state index in [0.717, 1.165) is 11.1 Å². The fourth-order valence-corrected chi connectivity index (χ4v) is 1.67. The Bertz CT molecular complexity index is 583. The first kappa shape index (κ1) is 18.7. The van der Waals surface area contributed by atoms with E-state index in [0.29, 0.717) is 37.5 Å². The van der Waals surface area contributed by atoms with Crippen LogP contribution < -0.4 is 10.2 Å². The summed E-state index contributed by atoms with van der Waals surface area (Å²) in [7, 11) is -1.49. The van der Waals surface area contributed by atoms with Gasteiger partial charge in [0.15, 0.2) is 0 Å². The van der Waals surface area contributed by atoms with Gasteiger partial charge in [0.2, 0.25) is 0 Å². The van der Waals surface area contributed by atoms with Crippen LogP contribution in [0.3, 0.4) is 0 Å². The maximum absolute atomic E-state index is 9.95. The van der Waals surface area contributed by atoms with Crippen LogP contribution in [-0.2, 0) is 32.8 Å². The minimum atomic E-state index is -1.49. The van der Waals surface area contributed by atoms with E-state index >= 15 is 0 Å². The molecule has 116 valence electrons. The molecule has 0 aliphatic rings. The molecule has 0 saturated heterocycles. The van der Waals surface area contributed by atoms with E-state index in [9.17, 15) is 4.48 Å². The summed E-state index contributed by atoms with van der Waals surface area (Å²) >= 11 is 0.630. The molecule has 0 saturated carbocycles. The van der Waals surface area contributed by atoms with E-state index in [4.69, 9.17) is 19.9 Å². The third-order valence-corrected chi connectivity index (χ3v) is 2.77. The van der Waals surface area contributed by atoms with Crippen molar-refractivity contribution < 1.29 is 44.0 Å². The van der Waals surface area contributed by atoms with Gasteiger partial charge in [-0.15, -0.1) is 0 Å². The van der Waals surface area contributed by atoms with Crippen molar-refractivity contribution in [2.24, 2.45) is 3.72 Å². The monoisotopic (exact) mass is 475 g/mol. The summed E-state index contributed by atoms with van der Waals surface area (Å²) in [4.78, 5) is 0. The van der Waals surface area contributed by atoms with Gasteiger partial charge < -0.3 is 19.9 Å². The molecule has 5 nitrogen and oxygen atoms in total. The van der Waals surface area contributed by atoms with Crippen molar-refractivity contribution in [1.29, 1.82) is 0 Å². The largest absolute Gasteiger partial charge is 0.489 e. The Labute approximate surface area is 139 Å². The Morgan fingerprint density at radius 2 is 1.68 bits per heavy atom. The topological polar surface area (TPSA) is 82.3 Å². The number of hydrogen-bond donors (Lipinski definition) is 3. The summed E-state index contributed by atoms with van der Waals surface area (Å²) in [5.74, 6) is 0.580. The number of halogens is 1. The second-order valence-electron chi connectivity index (χ2n) is 4.28. The van der Waals surface area contributed by atoms with Gasteiger partial charge >= 0.3 is 34.9 Å². The molecular weight excluding hydrogens is 460 g/mol. The molecule has 8 heteroatoms. The second kappa shape index (κ2) is 10.3. The van der Waals surface area contributed by atoms with Crippen molar-refractivity contribution in [2.45, 2.75) is 13.2 Å². The van der Waals surface area contributed by atoms with E-state index < -0.39 is 7.12 Å². The summed E-state index contributed by atoms with van der Waals surface area (Å²) in [6.07, 6.45) is 0. The molecule has 0 bridgehead atoms. The van der Waals surface area contributed by atoms with Crippen LogP contribution in [0.25, 0.3) is 0 Å². The molecular formula is C14H15BFNO4W. The normalized spacial score (nSPS) is 9.45. The number of benzene rings is 2. The first-order valence-corrected chi connectivity index (χ1v) is 7.63. The first-order chi connectivity index (χ1) is 10.6. The Kier molecular flexibility index (Phi) is 8.77.